The zero-order chi connectivity index (χ0) is 21.2. The number of hydrogen-bond acceptors (Lipinski definition) is 2. The molecule has 2 aromatic rings. The third-order valence-corrected chi connectivity index (χ3v) is 11.4. The van der Waals surface area contributed by atoms with Gasteiger partial charge in [-0.1, -0.05) is 18.2 Å². The number of rotatable bonds is 2. The van der Waals surface area contributed by atoms with Crippen LogP contribution in [0.15, 0.2) is 24.3 Å². The van der Waals surface area contributed by atoms with Gasteiger partial charge in [-0.25, -0.2) is 0 Å². The SMILES string of the molecule is Oc1ccc(C23CC4CC(CC(C4)C2)C3)c2c(O)c(C34CC5CC(CC(C5)C3)C4)ccc12. The first-order valence-corrected chi connectivity index (χ1v) is 13.5. The molecule has 8 fully saturated rings. The van der Waals surface area contributed by atoms with Gasteiger partial charge in [-0.3, -0.25) is 0 Å². The molecule has 0 radical (unpaired) electrons. The van der Waals surface area contributed by atoms with Crippen molar-refractivity contribution in [2.75, 3.05) is 0 Å². The molecule has 8 bridgehead atoms. The second-order valence-electron chi connectivity index (χ2n) is 13.4. The molecular formula is C30H36O2. The highest BCUT2D eigenvalue weighted by molar-refractivity contribution is 5.97. The molecule has 10 rings (SSSR count). The summed E-state index contributed by atoms with van der Waals surface area (Å²) in [5.74, 6) is 6.08. The molecule has 0 unspecified atom stereocenters. The summed E-state index contributed by atoms with van der Waals surface area (Å²) in [5.41, 5.74) is 2.99. The van der Waals surface area contributed by atoms with Gasteiger partial charge in [0, 0.05) is 16.3 Å². The second-order valence-corrected chi connectivity index (χ2v) is 13.4. The molecule has 8 saturated carbocycles. The van der Waals surface area contributed by atoms with Crippen LogP contribution in [0.1, 0.15) is 88.2 Å². The van der Waals surface area contributed by atoms with Crippen LogP contribution < -0.4 is 0 Å². The van der Waals surface area contributed by atoms with Gasteiger partial charge in [0.05, 0.1) is 0 Å². The molecule has 0 spiro atoms. The topological polar surface area (TPSA) is 40.5 Å². The standard InChI is InChI=1S/C30H36O2/c31-26-4-3-24(29-11-17-5-18(12-29)7-19(6-17)13-29)27-23(26)1-2-25(28(27)32)30-14-20-8-21(15-30)10-22(9-20)16-30/h1-4,17-22,31-32H,5-16H2. The van der Waals surface area contributed by atoms with Crippen molar-refractivity contribution in [3.63, 3.8) is 0 Å². The van der Waals surface area contributed by atoms with E-state index in [1.54, 1.807) is 0 Å². The van der Waals surface area contributed by atoms with Gasteiger partial charge in [0.25, 0.3) is 0 Å². The van der Waals surface area contributed by atoms with Gasteiger partial charge in [-0.15, -0.1) is 0 Å². The number of benzene rings is 2. The Bertz CT molecular complexity index is 1060. The van der Waals surface area contributed by atoms with Gasteiger partial charge in [0.1, 0.15) is 11.5 Å². The molecule has 8 aliphatic rings. The molecule has 2 nitrogen and oxygen atoms in total. The van der Waals surface area contributed by atoms with Crippen LogP contribution in [-0.4, -0.2) is 10.2 Å². The van der Waals surface area contributed by atoms with E-state index in [1.807, 2.05) is 6.07 Å². The molecule has 8 aliphatic carbocycles. The van der Waals surface area contributed by atoms with Crippen molar-refractivity contribution >= 4 is 10.8 Å². The van der Waals surface area contributed by atoms with E-state index in [4.69, 9.17) is 0 Å². The van der Waals surface area contributed by atoms with E-state index in [0.29, 0.717) is 11.5 Å². The second kappa shape index (κ2) is 6.05. The fourth-order valence-electron chi connectivity index (χ4n) is 11.2. The predicted molar refractivity (Wildman–Crippen MR) is 127 cm³/mol. The fourth-order valence-corrected chi connectivity index (χ4v) is 11.2. The summed E-state index contributed by atoms with van der Waals surface area (Å²) in [7, 11) is 0. The monoisotopic (exact) mass is 428 g/mol. The van der Waals surface area contributed by atoms with Crippen LogP contribution in [0.25, 0.3) is 10.8 Å². The van der Waals surface area contributed by atoms with E-state index in [0.717, 1.165) is 46.3 Å². The van der Waals surface area contributed by atoms with Gasteiger partial charge in [-0.2, -0.15) is 0 Å². The zero-order valence-corrected chi connectivity index (χ0v) is 19.2. The summed E-state index contributed by atoms with van der Waals surface area (Å²) in [4.78, 5) is 0. The molecule has 0 aliphatic heterocycles. The number of phenolic OH excluding ortho intramolecular Hbond substituents is 2. The van der Waals surface area contributed by atoms with Gasteiger partial charge < -0.3 is 10.2 Å². The molecule has 0 amide bonds. The Kier molecular flexibility index (Phi) is 3.53. The Morgan fingerprint density at radius 2 is 0.938 bits per heavy atom. The Balaban J connectivity index is 1.33. The lowest BCUT2D eigenvalue weighted by Crippen LogP contribution is -2.49. The van der Waals surface area contributed by atoms with Crippen molar-refractivity contribution in [3.05, 3.63) is 35.4 Å². The maximum Gasteiger partial charge on any atom is 0.127 e. The van der Waals surface area contributed by atoms with E-state index in [2.05, 4.69) is 18.2 Å². The fraction of sp³-hybridized carbons (Fsp3) is 0.667. The van der Waals surface area contributed by atoms with Crippen molar-refractivity contribution in [1.29, 1.82) is 0 Å². The highest BCUT2D eigenvalue weighted by atomic mass is 16.3. The third-order valence-electron chi connectivity index (χ3n) is 11.4. The Labute approximate surface area is 191 Å². The highest BCUT2D eigenvalue weighted by Crippen LogP contribution is 2.65. The van der Waals surface area contributed by atoms with Crippen LogP contribution in [0.2, 0.25) is 0 Å². The maximum atomic E-state index is 12.0. The van der Waals surface area contributed by atoms with Gasteiger partial charge in [0.2, 0.25) is 0 Å². The van der Waals surface area contributed by atoms with Crippen LogP contribution in [0.4, 0.5) is 0 Å². The van der Waals surface area contributed by atoms with Crippen LogP contribution in [-0.2, 0) is 10.8 Å². The summed E-state index contributed by atoms with van der Waals surface area (Å²) >= 11 is 0. The molecule has 0 heterocycles. The third kappa shape index (κ3) is 2.37. The number of aromatic hydroxyl groups is 2. The largest absolute Gasteiger partial charge is 0.507 e. The molecule has 0 aromatic heterocycles. The summed E-state index contributed by atoms with van der Waals surface area (Å²) in [5, 5.41) is 24.7. The van der Waals surface area contributed by atoms with Crippen LogP contribution in [0.3, 0.4) is 0 Å². The molecule has 2 N–H and O–H groups in total. The zero-order valence-electron chi connectivity index (χ0n) is 19.2. The van der Waals surface area contributed by atoms with Crippen LogP contribution in [0.5, 0.6) is 11.5 Å². The van der Waals surface area contributed by atoms with Crippen molar-refractivity contribution < 1.29 is 10.2 Å². The van der Waals surface area contributed by atoms with Gasteiger partial charge in [-0.05, 0) is 135 Å². The lowest BCUT2D eigenvalue weighted by atomic mass is 9.47. The highest BCUT2D eigenvalue weighted by Gasteiger charge is 2.54. The average molecular weight is 429 g/mol. The molecular weight excluding hydrogens is 392 g/mol. The van der Waals surface area contributed by atoms with Gasteiger partial charge >= 0.3 is 0 Å². The minimum atomic E-state index is 0.178. The first-order chi connectivity index (χ1) is 15.5. The molecule has 32 heavy (non-hydrogen) atoms. The molecule has 2 aromatic carbocycles. The normalized spacial score (nSPS) is 45.8. The lowest BCUT2D eigenvalue weighted by molar-refractivity contribution is -0.00653. The minimum absolute atomic E-state index is 0.178. The Hall–Kier alpha value is -1.70. The Morgan fingerprint density at radius 1 is 0.531 bits per heavy atom. The summed E-state index contributed by atoms with van der Waals surface area (Å²) < 4.78 is 0. The lowest BCUT2D eigenvalue weighted by Gasteiger charge is -2.58. The van der Waals surface area contributed by atoms with Crippen molar-refractivity contribution in [1.82, 2.24) is 0 Å². The summed E-state index contributed by atoms with van der Waals surface area (Å²) in [6.07, 6.45) is 16.2. The number of fused-ring (bicyclic) bond motifs is 1. The van der Waals surface area contributed by atoms with Gasteiger partial charge in [0.15, 0.2) is 0 Å². The Morgan fingerprint density at radius 3 is 1.41 bits per heavy atom. The molecule has 0 saturated heterocycles. The number of phenols is 2. The van der Waals surface area contributed by atoms with Crippen LogP contribution >= 0.6 is 0 Å². The summed E-state index contributed by atoms with van der Waals surface area (Å²) in [6.45, 7) is 0. The molecule has 168 valence electrons. The molecule has 2 heteroatoms. The quantitative estimate of drug-likeness (QED) is 0.531. The first kappa shape index (κ1) is 18.7. The minimum Gasteiger partial charge on any atom is -0.507 e. The first-order valence-electron chi connectivity index (χ1n) is 13.5. The van der Waals surface area contributed by atoms with Crippen LogP contribution in [0, 0.1) is 35.5 Å². The van der Waals surface area contributed by atoms with Crippen molar-refractivity contribution in [3.8, 4) is 11.5 Å². The molecule has 0 atom stereocenters. The van der Waals surface area contributed by atoms with Crippen molar-refractivity contribution in [2.24, 2.45) is 35.5 Å². The van der Waals surface area contributed by atoms with E-state index in [-0.39, 0.29) is 10.8 Å². The van der Waals surface area contributed by atoms with E-state index in [1.165, 1.54) is 88.2 Å². The summed E-state index contributed by atoms with van der Waals surface area (Å²) in [6, 6.07) is 8.48. The number of hydrogen-bond donors (Lipinski definition) is 2. The van der Waals surface area contributed by atoms with Crippen molar-refractivity contribution in [2.45, 2.75) is 87.9 Å². The van der Waals surface area contributed by atoms with E-state index < -0.39 is 0 Å². The average Bonchev–Trinajstić information content (AvgIpc) is 2.72. The smallest absolute Gasteiger partial charge is 0.127 e. The van der Waals surface area contributed by atoms with E-state index >= 15 is 0 Å². The predicted octanol–water partition coefficient (Wildman–Crippen LogP) is 7.19. The maximum absolute atomic E-state index is 12.0. The van der Waals surface area contributed by atoms with E-state index in [9.17, 15) is 10.2 Å².